The molecule has 0 radical (unpaired) electrons. The number of nitrogens with zero attached hydrogens (tertiary/aromatic N) is 2. The van der Waals surface area contributed by atoms with Crippen LogP contribution in [0, 0.1) is 12.9 Å². The van der Waals surface area contributed by atoms with Crippen molar-refractivity contribution in [1.29, 1.82) is 0 Å². The van der Waals surface area contributed by atoms with Gasteiger partial charge in [-0.05, 0) is 73.4 Å². The number of rotatable bonds is 9. The van der Waals surface area contributed by atoms with Crippen molar-refractivity contribution in [2.75, 3.05) is 19.1 Å². The number of aromatic nitrogens is 2. The zero-order chi connectivity index (χ0) is 28.3. The fraction of sp³-hybridized carbons (Fsp3) is 0.241. The van der Waals surface area contributed by atoms with Crippen LogP contribution < -0.4 is 15.2 Å². The van der Waals surface area contributed by atoms with E-state index in [1.807, 2.05) is 6.92 Å². The maximum absolute atomic E-state index is 13.9. The van der Waals surface area contributed by atoms with E-state index in [4.69, 9.17) is 4.74 Å². The number of anilines is 2. The second-order valence-corrected chi connectivity index (χ2v) is 11.0. The Morgan fingerprint density at radius 3 is 2.36 bits per heavy atom. The van der Waals surface area contributed by atoms with E-state index < -0.39 is 32.0 Å². The largest absolute Gasteiger partial charge is 0.504 e. The number of methoxy groups -OCH3 is 1. The van der Waals surface area contributed by atoms with Crippen molar-refractivity contribution < 1.29 is 22.7 Å². The molecule has 39 heavy (non-hydrogen) atoms. The molecule has 10 heteroatoms. The Hall–Kier alpha value is -4.18. The molecule has 8 nitrogen and oxygen atoms in total. The molecule has 4 rings (SSSR count). The number of nitrogens with one attached hydrogen (secondary N) is 1. The molecule has 0 aliphatic heterocycles. The van der Waals surface area contributed by atoms with Crippen LogP contribution >= 0.6 is 0 Å². The molecule has 0 unspecified atom stereocenters. The van der Waals surface area contributed by atoms with Crippen molar-refractivity contribution in [3.05, 3.63) is 88.4 Å². The Bertz CT molecular complexity index is 1650. The van der Waals surface area contributed by atoms with E-state index in [1.165, 1.54) is 30.5 Å². The Morgan fingerprint density at radius 1 is 1.08 bits per heavy atom. The van der Waals surface area contributed by atoms with E-state index in [1.54, 1.807) is 56.3 Å². The summed E-state index contributed by atoms with van der Waals surface area (Å²) in [6, 6.07) is 14.4. The van der Waals surface area contributed by atoms with Gasteiger partial charge in [0.1, 0.15) is 11.4 Å². The maximum Gasteiger partial charge on any atom is 0.271 e. The number of hydrogen-bond donors (Lipinski definition) is 2. The number of pyridine rings is 2. The lowest BCUT2D eigenvalue weighted by Crippen LogP contribution is -2.24. The predicted octanol–water partition coefficient (Wildman–Crippen LogP) is 5.54. The molecule has 4 aromatic rings. The van der Waals surface area contributed by atoms with Crippen molar-refractivity contribution >= 4 is 21.2 Å². The van der Waals surface area contributed by atoms with Crippen molar-refractivity contribution in [3.63, 3.8) is 0 Å². The minimum atomic E-state index is -4.43. The summed E-state index contributed by atoms with van der Waals surface area (Å²) in [5.74, 6) is -0.600. The summed E-state index contributed by atoms with van der Waals surface area (Å²) < 4.78 is 46.5. The van der Waals surface area contributed by atoms with Gasteiger partial charge in [-0.3, -0.25) is 4.79 Å². The first-order valence-corrected chi connectivity index (χ1v) is 13.9. The molecule has 2 N–H and O–H groups in total. The number of aromatic amines is 1. The standard InChI is InChI=1S/C29H30FN3O5S/c1-5-6-7-24-25(33(3)20-10-12-21(38-4)13-11-20)26(34)27(29(35)32-24)39(36,37)22-14-8-19(9-15-22)23-16-17-31-28(30)18(23)2/h8-17H,5-7H2,1-4H3,(H2,32,34,35). The second-order valence-electron chi connectivity index (χ2n) is 9.12. The lowest BCUT2D eigenvalue weighted by atomic mass is 10.0. The molecular weight excluding hydrogens is 521 g/mol. The number of halogens is 1. The van der Waals surface area contributed by atoms with Crippen LogP contribution in [0.25, 0.3) is 11.1 Å². The normalized spacial score (nSPS) is 11.4. The molecule has 2 heterocycles. The maximum atomic E-state index is 13.9. The molecule has 0 fully saturated rings. The third-order valence-electron chi connectivity index (χ3n) is 6.66. The van der Waals surface area contributed by atoms with Gasteiger partial charge < -0.3 is 19.7 Å². The monoisotopic (exact) mass is 551 g/mol. The molecular formula is C29H30FN3O5S. The molecule has 204 valence electrons. The van der Waals surface area contributed by atoms with E-state index in [9.17, 15) is 22.7 Å². The summed E-state index contributed by atoms with van der Waals surface area (Å²) in [5, 5.41) is 11.4. The number of aryl methyl sites for hydroxylation is 1. The number of ether oxygens (including phenoxy) is 1. The molecule has 0 saturated heterocycles. The van der Waals surface area contributed by atoms with Gasteiger partial charge in [0.25, 0.3) is 5.56 Å². The summed E-state index contributed by atoms with van der Waals surface area (Å²) in [5.41, 5.74) is 1.87. The van der Waals surface area contributed by atoms with Crippen molar-refractivity contribution in [2.45, 2.75) is 42.9 Å². The second kappa shape index (κ2) is 11.3. The number of aromatic hydroxyl groups is 1. The highest BCUT2D eigenvalue weighted by molar-refractivity contribution is 7.91. The van der Waals surface area contributed by atoms with Crippen LogP contribution in [0.4, 0.5) is 15.8 Å². The fourth-order valence-corrected chi connectivity index (χ4v) is 5.82. The minimum absolute atomic E-state index is 0.182. The van der Waals surface area contributed by atoms with Crippen LogP contribution in [-0.4, -0.2) is 37.6 Å². The number of unbranched alkanes of at least 4 members (excludes halogenated alkanes) is 1. The molecule has 0 spiro atoms. The summed E-state index contributed by atoms with van der Waals surface area (Å²) in [4.78, 5) is 20.2. The number of hydrogen-bond acceptors (Lipinski definition) is 7. The van der Waals surface area contributed by atoms with Crippen LogP contribution in [0.2, 0.25) is 0 Å². The first-order chi connectivity index (χ1) is 18.6. The average Bonchev–Trinajstić information content (AvgIpc) is 2.93. The third kappa shape index (κ3) is 5.37. The minimum Gasteiger partial charge on any atom is -0.504 e. The van der Waals surface area contributed by atoms with Gasteiger partial charge in [0, 0.05) is 30.2 Å². The highest BCUT2D eigenvalue weighted by Crippen LogP contribution is 2.40. The molecule has 0 bridgehead atoms. The van der Waals surface area contributed by atoms with Crippen LogP contribution in [0.1, 0.15) is 31.0 Å². The highest BCUT2D eigenvalue weighted by Gasteiger charge is 2.31. The smallest absolute Gasteiger partial charge is 0.271 e. The summed E-state index contributed by atoms with van der Waals surface area (Å²) in [6.07, 6.45) is 3.33. The number of benzene rings is 2. The van der Waals surface area contributed by atoms with Gasteiger partial charge in [-0.1, -0.05) is 25.5 Å². The van der Waals surface area contributed by atoms with Gasteiger partial charge in [0.15, 0.2) is 10.6 Å². The molecule has 0 atom stereocenters. The quantitative estimate of drug-likeness (QED) is 0.263. The summed E-state index contributed by atoms with van der Waals surface area (Å²) in [7, 11) is -1.19. The topological polar surface area (TPSA) is 113 Å². The average molecular weight is 552 g/mol. The van der Waals surface area contributed by atoms with Gasteiger partial charge >= 0.3 is 0 Å². The number of H-pyrrole nitrogens is 1. The Labute approximate surface area is 226 Å². The van der Waals surface area contributed by atoms with Crippen molar-refractivity contribution in [1.82, 2.24) is 9.97 Å². The van der Waals surface area contributed by atoms with Gasteiger partial charge in [-0.2, -0.15) is 4.39 Å². The predicted molar refractivity (Wildman–Crippen MR) is 148 cm³/mol. The fourth-order valence-electron chi connectivity index (χ4n) is 4.45. The Kier molecular flexibility index (Phi) is 8.06. The first-order valence-electron chi connectivity index (χ1n) is 12.4. The SMILES string of the molecule is CCCCc1[nH]c(=O)c(S(=O)(=O)c2ccc(-c3ccnc(F)c3C)cc2)c(O)c1N(C)c1ccc(OC)cc1. The van der Waals surface area contributed by atoms with Crippen LogP contribution in [-0.2, 0) is 16.3 Å². The molecule has 2 aromatic heterocycles. The van der Waals surface area contributed by atoms with E-state index in [0.29, 0.717) is 40.2 Å². The lowest BCUT2D eigenvalue weighted by molar-refractivity contribution is 0.415. The molecule has 0 amide bonds. The first kappa shape index (κ1) is 27.8. The molecule has 0 saturated carbocycles. The zero-order valence-corrected chi connectivity index (χ0v) is 23.0. The van der Waals surface area contributed by atoms with E-state index in [0.717, 1.165) is 12.8 Å². The third-order valence-corrected chi connectivity index (χ3v) is 8.47. The zero-order valence-electron chi connectivity index (χ0n) is 22.2. The van der Waals surface area contributed by atoms with Crippen LogP contribution in [0.3, 0.4) is 0 Å². The summed E-state index contributed by atoms with van der Waals surface area (Å²) in [6.45, 7) is 3.58. The Morgan fingerprint density at radius 2 is 1.74 bits per heavy atom. The van der Waals surface area contributed by atoms with Crippen molar-refractivity contribution in [3.8, 4) is 22.6 Å². The highest BCUT2D eigenvalue weighted by atomic mass is 32.2. The van der Waals surface area contributed by atoms with Gasteiger partial charge in [0.05, 0.1) is 12.0 Å². The van der Waals surface area contributed by atoms with E-state index in [-0.39, 0.29) is 10.6 Å². The van der Waals surface area contributed by atoms with E-state index in [2.05, 4.69) is 9.97 Å². The van der Waals surface area contributed by atoms with Gasteiger partial charge in [-0.15, -0.1) is 0 Å². The molecule has 0 aliphatic rings. The lowest BCUT2D eigenvalue weighted by Gasteiger charge is -2.25. The van der Waals surface area contributed by atoms with Crippen LogP contribution in [0.15, 0.2) is 75.4 Å². The number of sulfone groups is 1. The van der Waals surface area contributed by atoms with Gasteiger partial charge in [-0.25, -0.2) is 13.4 Å². The van der Waals surface area contributed by atoms with E-state index >= 15 is 0 Å². The van der Waals surface area contributed by atoms with Crippen molar-refractivity contribution in [2.24, 2.45) is 0 Å². The van der Waals surface area contributed by atoms with Gasteiger partial charge in [0.2, 0.25) is 15.8 Å². The molecule has 0 aliphatic carbocycles. The molecule has 2 aromatic carbocycles. The Balaban J connectivity index is 1.82. The van der Waals surface area contributed by atoms with Crippen LogP contribution in [0.5, 0.6) is 11.5 Å². The summed E-state index contributed by atoms with van der Waals surface area (Å²) >= 11 is 0.